The number of aliphatic hydroxyl groups excluding tert-OH is 1. The second-order valence-corrected chi connectivity index (χ2v) is 11.8. The van der Waals surface area contributed by atoms with Crippen LogP contribution in [0.4, 0.5) is 0 Å². The predicted molar refractivity (Wildman–Crippen MR) is 119 cm³/mol. The number of rotatable bonds is 6. The van der Waals surface area contributed by atoms with Crippen molar-refractivity contribution < 1.29 is 9.29 Å². The number of fused-ring (bicyclic) bond motifs is 5. The molecule has 0 aliphatic heterocycles. The lowest BCUT2D eigenvalue weighted by molar-refractivity contribution is -0.150. The zero-order valence-electron chi connectivity index (χ0n) is 18.8. The fourth-order valence-corrected chi connectivity index (χ4v) is 9.27. The summed E-state index contributed by atoms with van der Waals surface area (Å²) in [6, 6.07) is 0. The van der Waals surface area contributed by atoms with Gasteiger partial charge in [-0.15, -0.1) is 0 Å². The van der Waals surface area contributed by atoms with Crippen LogP contribution in [0.5, 0.6) is 0 Å². The van der Waals surface area contributed by atoms with E-state index in [0.29, 0.717) is 10.8 Å². The molecule has 0 aromatic rings. The van der Waals surface area contributed by atoms with Crippen molar-refractivity contribution in [1.82, 2.24) is 0 Å². The summed E-state index contributed by atoms with van der Waals surface area (Å²) in [6.45, 7) is 8.64. The van der Waals surface area contributed by atoms with Gasteiger partial charge in [0.15, 0.2) is 0 Å². The molecule has 4 aliphatic carbocycles. The summed E-state index contributed by atoms with van der Waals surface area (Å²) in [5.41, 5.74) is 1.07. The Morgan fingerprint density at radius 2 is 1.71 bits per heavy atom. The highest BCUT2D eigenvalue weighted by Crippen LogP contribution is 2.69. The Morgan fingerprint density at radius 3 is 2.46 bits per heavy atom. The van der Waals surface area contributed by atoms with Crippen LogP contribution in [-0.4, -0.2) is 24.1 Å². The maximum atomic E-state index is 10.4. The second-order valence-electron chi connectivity index (χ2n) is 11.3. The van der Waals surface area contributed by atoms with Crippen LogP contribution >= 0.6 is 12.0 Å². The maximum absolute atomic E-state index is 10.4. The van der Waals surface area contributed by atoms with Gasteiger partial charge < -0.3 is 9.29 Å². The van der Waals surface area contributed by atoms with Crippen molar-refractivity contribution in [3.63, 3.8) is 0 Å². The minimum atomic E-state index is -0.0307. The van der Waals surface area contributed by atoms with E-state index in [4.69, 9.17) is 4.18 Å². The number of hydrogen-bond acceptors (Lipinski definition) is 3. The molecule has 4 fully saturated rings. The highest BCUT2D eigenvalue weighted by Gasteiger charge is 2.61. The number of aliphatic hydroxyl groups is 1. The van der Waals surface area contributed by atoms with Crippen molar-refractivity contribution in [3.05, 3.63) is 0 Å². The van der Waals surface area contributed by atoms with E-state index in [1.807, 2.05) is 6.26 Å². The standard InChI is InChI=1S/C25H44O2S/c1-5-17-15-20-21-9-8-18(7-6-14-27-28-4)24(21,2)13-11-22(20)25(3)12-10-19(26)16-23(17)25/h17-23,26H,5-16H2,1-4H3/t17-,18-,19+,20?,21-,22-,23?,24?,25?/m0/s1. The van der Waals surface area contributed by atoms with E-state index in [1.165, 1.54) is 69.8 Å². The molecule has 0 spiro atoms. The molecule has 3 heteroatoms. The minimum absolute atomic E-state index is 0.0307. The van der Waals surface area contributed by atoms with Crippen LogP contribution in [0.3, 0.4) is 0 Å². The molecule has 2 nitrogen and oxygen atoms in total. The Morgan fingerprint density at radius 1 is 0.964 bits per heavy atom. The van der Waals surface area contributed by atoms with Crippen molar-refractivity contribution in [2.24, 2.45) is 46.3 Å². The first-order valence-corrected chi connectivity index (χ1v) is 13.4. The van der Waals surface area contributed by atoms with E-state index in [0.717, 1.165) is 55.0 Å². The highest BCUT2D eigenvalue weighted by atomic mass is 32.2. The SMILES string of the molecule is CC[C@H]1CC2[C@H](CCC3(C)[C@@H](CCCOSC)CC[C@@H]23)C2(C)CC[C@@H](O)CC12. The third kappa shape index (κ3) is 3.50. The van der Waals surface area contributed by atoms with Gasteiger partial charge in [-0.1, -0.05) is 27.2 Å². The van der Waals surface area contributed by atoms with Gasteiger partial charge in [0.1, 0.15) is 0 Å². The van der Waals surface area contributed by atoms with Crippen molar-refractivity contribution in [3.8, 4) is 0 Å². The fraction of sp³-hybridized carbons (Fsp3) is 1.00. The van der Waals surface area contributed by atoms with Gasteiger partial charge in [-0.25, -0.2) is 0 Å². The molecule has 1 N–H and O–H groups in total. The summed E-state index contributed by atoms with van der Waals surface area (Å²) in [4.78, 5) is 0. The summed E-state index contributed by atoms with van der Waals surface area (Å²) in [6.07, 6.45) is 16.6. The predicted octanol–water partition coefficient (Wildman–Crippen LogP) is 6.72. The minimum Gasteiger partial charge on any atom is -0.393 e. The molecular weight excluding hydrogens is 364 g/mol. The van der Waals surface area contributed by atoms with Crippen molar-refractivity contribution >= 4 is 12.0 Å². The smallest absolute Gasteiger partial charge is 0.0613 e. The zero-order chi connectivity index (χ0) is 19.9. The molecule has 9 atom stereocenters. The van der Waals surface area contributed by atoms with Crippen LogP contribution in [0.25, 0.3) is 0 Å². The van der Waals surface area contributed by atoms with Gasteiger partial charge in [0.2, 0.25) is 0 Å². The third-order valence-electron chi connectivity index (χ3n) is 10.4. The Balaban J connectivity index is 1.52. The van der Waals surface area contributed by atoms with E-state index in [1.54, 1.807) is 0 Å². The normalized spacial score (nSPS) is 50.7. The molecule has 4 rings (SSSR count). The molecule has 0 aromatic carbocycles. The lowest BCUT2D eigenvalue weighted by Gasteiger charge is -2.63. The lowest BCUT2D eigenvalue weighted by atomic mass is 9.42. The molecule has 0 radical (unpaired) electrons. The van der Waals surface area contributed by atoms with Crippen LogP contribution in [0, 0.1) is 46.3 Å². The average Bonchev–Trinajstić information content (AvgIpc) is 3.02. The summed E-state index contributed by atoms with van der Waals surface area (Å²) in [5.74, 6) is 5.36. The molecule has 0 aromatic heterocycles. The maximum Gasteiger partial charge on any atom is 0.0613 e. The summed E-state index contributed by atoms with van der Waals surface area (Å²) in [5, 5.41) is 10.4. The van der Waals surface area contributed by atoms with E-state index >= 15 is 0 Å². The molecule has 162 valence electrons. The zero-order valence-corrected chi connectivity index (χ0v) is 19.6. The Hall–Kier alpha value is 0.270. The van der Waals surface area contributed by atoms with Gasteiger partial charge in [0.05, 0.1) is 12.7 Å². The molecule has 0 bridgehead atoms. The van der Waals surface area contributed by atoms with Crippen LogP contribution in [0.15, 0.2) is 0 Å². The van der Waals surface area contributed by atoms with E-state index in [2.05, 4.69) is 20.8 Å². The van der Waals surface area contributed by atoms with Crippen LogP contribution in [-0.2, 0) is 4.18 Å². The molecule has 0 heterocycles. The fourth-order valence-electron chi connectivity index (χ4n) is 8.99. The van der Waals surface area contributed by atoms with E-state index < -0.39 is 0 Å². The topological polar surface area (TPSA) is 29.5 Å². The van der Waals surface area contributed by atoms with Gasteiger partial charge in [0, 0.05) is 6.26 Å². The summed E-state index contributed by atoms with van der Waals surface area (Å²) in [7, 11) is 0. The van der Waals surface area contributed by atoms with E-state index in [-0.39, 0.29) is 6.10 Å². The highest BCUT2D eigenvalue weighted by molar-refractivity contribution is 7.93. The van der Waals surface area contributed by atoms with E-state index in [9.17, 15) is 5.11 Å². The Labute approximate surface area is 178 Å². The Bertz CT molecular complexity index is 539. The molecular formula is C25H44O2S. The average molecular weight is 409 g/mol. The molecule has 4 saturated carbocycles. The lowest BCUT2D eigenvalue weighted by Crippen LogP contribution is -2.56. The number of hydrogen-bond donors (Lipinski definition) is 1. The molecule has 0 amide bonds. The van der Waals surface area contributed by atoms with Crippen LogP contribution in [0.2, 0.25) is 0 Å². The molecule has 4 unspecified atom stereocenters. The van der Waals surface area contributed by atoms with Gasteiger partial charge in [0.25, 0.3) is 0 Å². The molecule has 28 heavy (non-hydrogen) atoms. The van der Waals surface area contributed by atoms with Gasteiger partial charge in [-0.3, -0.25) is 0 Å². The summed E-state index contributed by atoms with van der Waals surface area (Å²) >= 11 is 1.52. The largest absolute Gasteiger partial charge is 0.393 e. The monoisotopic (exact) mass is 408 g/mol. The first kappa shape index (κ1) is 21.5. The first-order chi connectivity index (χ1) is 13.4. The Kier molecular flexibility index (Phi) is 6.47. The van der Waals surface area contributed by atoms with Gasteiger partial charge >= 0.3 is 0 Å². The summed E-state index contributed by atoms with van der Waals surface area (Å²) < 4.78 is 5.55. The quantitative estimate of drug-likeness (QED) is 0.391. The first-order valence-electron chi connectivity index (χ1n) is 12.3. The van der Waals surface area contributed by atoms with Gasteiger partial charge in [-0.2, -0.15) is 0 Å². The van der Waals surface area contributed by atoms with Crippen LogP contribution < -0.4 is 0 Å². The van der Waals surface area contributed by atoms with Crippen molar-refractivity contribution in [1.29, 1.82) is 0 Å². The van der Waals surface area contributed by atoms with Crippen LogP contribution in [0.1, 0.15) is 91.4 Å². The molecule has 0 saturated heterocycles. The molecule has 4 aliphatic rings. The van der Waals surface area contributed by atoms with Crippen molar-refractivity contribution in [2.45, 2.75) is 97.5 Å². The van der Waals surface area contributed by atoms with Gasteiger partial charge in [-0.05, 0) is 123 Å². The third-order valence-corrected chi connectivity index (χ3v) is 10.8. The van der Waals surface area contributed by atoms with Crippen molar-refractivity contribution in [2.75, 3.05) is 12.9 Å². The second kappa shape index (κ2) is 8.42.